The van der Waals surface area contributed by atoms with Crippen molar-refractivity contribution < 1.29 is 9.32 Å². The summed E-state index contributed by atoms with van der Waals surface area (Å²) in [6, 6.07) is 11.5. The zero-order valence-electron chi connectivity index (χ0n) is 15.3. The molecule has 8 heteroatoms. The third kappa shape index (κ3) is 4.23. The summed E-state index contributed by atoms with van der Waals surface area (Å²) in [5, 5.41) is 7.88. The van der Waals surface area contributed by atoms with E-state index in [0.29, 0.717) is 31.0 Å². The molecule has 1 N–H and O–H groups in total. The lowest BCUT2D eigenvalue weighted by Crippen LogP contribution is -2.26. The SMILES string of the molecule is C[C@H](NC(=O)CCCc1nc(-c2cccnc2)no1)c1nc2ccccc2s1. The molecule has 28 heavy (non-hydrogen) atoms. The summed E-state index contributed by atoms with van der Waals surface area (Å²) in [4.78, 5) is 25.2. The largest absolute Gasteiger partial charge is 0.347 e. The number of benzene rings is 1. The molecular weight excluding hydrogens is 374 g/mol. The molecule has 3 aromatic heterocycles. The highest BCUT2D eigenvalue weighted by atomic mass is 32.1. The molecule has 0 saturated heterocycles. The number of rotatable bonds is 7. The Morgan fingerprint density at radius 3 is 2.93 bits per heavy atom. The number of nitrogens with one attached hydrogen (secondary N) is 1. The van der Waals surface area contributed by atoms with Gasteiger partial charge < -0.3 is 9.84 Å². The van der Waals surface area contributed by atoms with Crippen LogP contribution in [0.5, 0.6) is 0 Å². The number of thiazole rings is 1. The molecule has 0 unspecified atom stereocenters. The molecule has 1 atom stereocenters. The van der Waals surface area contributed by atoms with Crippen molar-refractivity contribution in [1.29, 1.82) is 0 Å². The Morgan fingerprint density at radius 2 is 2.11 bits per heavy atom. The Hall–Kier alpha value is -3.13. The van der Waals surface area contributed by atoms with E-state index in [-0.39, 0.29) is 11.9 Å². The molecule has 0 saturated carbocycles. The number of carbonyl (C=O) groups excluding carboxylic acids is 1. The molecule has 0 aliphatic rings. The van der Waals surface area contributed by atoms with Crippen LogP contribution in [0.2, 0.25) is 0 Å². The average Bonchev–Trinajstić information content (AvgIpc) is 3.36. The molecule has 4 rings (SSSR count). The van der Waals surface area contributed by atoms with Gasteiger partial charge in [0.05, 0.1) is 16.3 Å². The van der Waals surface area contributed by atoms with E-state index in [0.717, 1.165) is 20.8 Å². The highest BCUT2D eigenvalue weighted by molar-refractivity contribution is 7.18. The number of hydrogen-bond acceptors (Lipinski definition) is 7. The second kappa shape index (κ2) is 8.26. The van der Waals surface area contributed by atoms with E-state index in [1.165, 1.54) is 0 Å². The summed E-state index contributed by atoms with van der Waals surface area (Å²) in [6.45, 7) is 1.95. The van der Waals surface area contributed by atoms with Gasteiger partial charge in [-0.1, -0.05) is 17.3 Å². The van der Waals surface area contributed by atoms with E-state index in [1.807, 2.05) is 43.3 Å². The Morgan fingerprint density at radius 1 is 1.21 bits per heavy atom. The zero-order valence-corrected chi connectivity index (χ0v) is 16.1. The maximum atomic E-state index is 12.2. The van der Waals surface area contributed by atoms with E-state index in [1.54, 1.807) is 23.7 Å². The predicted octanol–water partition coefficient (Wildman–Crippen LogP) is 3.94. The maximum absolute atomic E-state index is 12.2. The Kier molecular flexibility index (Phi) is 5.38. The van der Waals surface area contributed by atoms with Crippen molar-refractivity contribution in [2.75, 3.05) is 0 Å². The van der Waals surface area contributed by atoms with Crippen molar-refractivity contribution in [2.24, 2.45) is 0 Å². The fourth-order valence-electron chi connectivity index (χ4n) is 2.82. The van der Waals surface area contributed by atoms with Gasteiger partial charge in [0.15, 0.2) is 0 Å². The van der Waals surface area contributed by atoms with Crippen LogP contribution in [0.1, 0.15) is 36.7 Å². The molecule has 0 fully saturated rings. The van der Waals surface area contributed by atoms with E-state index in [2.05, 4.69) is 25.4 Å². The van der Waals surface area contributed by atoms with Gasteiger partial charge in [-0.15, -0.1) is 11.3 Å². The standard InChI is InChI=1S/C20H19N5O2S/c1-13(20-23-15-7-2-3-8-16(15)28-20)22-17(26)9-4-10-18-24-19(25-27-18)14-6-5-11-21-12-14/h2-3,5-8,11-13H,4,9-10H2,1H3,(H,22,26)/t13-/m0/s1. The molecule has 0 aliphatic carbocycles. The Bertz CT molecular complexity index is 1040. The number of amides is 1. The molecule has 4 aromatic rings. The number of para-hydroxylation sites is 1. The van der Waals surface area contributed by atoms with Gasteiger partial charge in [0.2, 0.25) is 17.6 Å². The van der Waals surface area contributed by atoms with Crippen molar-refractivity contribution in [2.45, 2.75) is 32.2 Å². The second-order valence-electron chi connectivity index (χ2n) is 6.42. The molecule has 0 spiro atoms. The van der Waals surface area contributed by atoms with E-state index < -0.39 is 0 Å². The van der Waals surface area contributed by atoms with Crippen LogP contribution in [0.15, 0.2) is 53.3 Å². The van der Waals surface area contributed by atoms with E-state index >= 15 is 0 Å². The lowest BCUT2D eigenvalue weighted by molar-refractivity contribution is -0.121. The number of hydrogen-bond donors (Lipinski definition) is 1. The lowest BCUT2D eigenvalue weighted by atomic mass is 10.2. The molecule has 1 aromatic carbocycles. The van der Waals surface area contributed by atoms with Gasteiger partial charge in [-0.2, -0.15) is 4.98 Å². The third-order valence-corrected chi connectivity index (χ3v) is 5.46. The minimum Gasteiger partial charge on any atom is -0.347 e. The quantitative estimate of drug-likeness (QED) is 0.511. The first-order valence-electron chi connectivity index (χ1n) is 9.07. The summed E-state index contributed by atoms with van der Waals surface area (Å²) >= 11 is 1.60. The number of carbonyl (C=O) groups is 1. The summed E-state index contributed by atoms with van der Waals surface area (Å²) in [6.07, 6.45) is 4.95. The highest BCUT2D eigenvalue weighted by Crippen LogP contribution is 2.26. The lowest BCUT2D eigenvalue weighted by Gasteiger charge is -2.10. The van der Waals surface area contributed by atoms with E-state index in [9.17, 15) is 4.79 Å². The summed E-state index contributed by atoms with van der Waals surface area (Å²) in [5.74, 6) is 1.02. The van der Waals surface area contributed by atoms with Crippen LogP contribution >= 0.6 is 11.3 Å². The van der Waals surface area contributed by atoms with Crippen molar-refractivity contribution >= 4 is 27.5 Å². The minimum atomic E-state index is -0.120. The molecule has 7 nitrogen and oxygen atoms in total. The Balaban J connectivity index is 1.27. The van der Waals surface area contributed by atoms with Gasteiger partial charge in [0, 0.05) is 30.8 Å². The number of aromatic nitrogens is 4. The molecule has 3 heterocycles. The zero-order chi connectivity index (χ0) is 19.3. The molecule has 0 bridgehead atoms. The number of fused-ring (bicyclic) bond motifs is 1. The van der Waals surface area contributed by atoms with Crippen LogP contribution in [-0.2, 0) is 11.2 Å². The number of nitrogens with zero attached hydrogens (tertiary/aromatic N) is 4. The second-order valence-corrected chi connectivity index (χ2v) is 7.48. The summed E-state index contributed by atoms with van der Waals surface area (Å²) in [5.41, 5.74) is 1.77. The number of pyridine rings is 1. The predicted molar refractivity (Wildman–Crippen MR) is 107 cm³/mol. The topological polar surface area (TPSA) is 93.8 Å². The minimum absolute atomic E-state index is 0.0150. The van der Waals surface area contributed by atoms with Gasteiger partial charge in [0.1, 0.15) is 5.01 Å². The van der Waals surface area contributed by atoms with Crippen molar-refractivity contribution in [3.63, 3.8) is 0 Å². The first kappa shape index (κ1) is 18.2. The van der Waals surface area contributed by atoms with E-state index in [4.69, 9.17) is 4.52 Å². The van der Waals surface area contributed by atoms with Crippen LogP contribution in [0, 0.1) is 0 Å². The van der Waals surface area contributed by atoms with Gasteiger partial charge in [-0.25, -0.2) is 4.98 Å². The fourth-order valence-corrected chi connectivity index (χ4v) is 3.79. The van der Waals surface area contributed by atoms with Gasteiger partial charge in [-0.3, -0.25) is 9.78 Å². The molecule has 0 radical (unpaired) electrons. The first-order chi connectivity index (χ1) is 13.7. The van der Waals surface area contributed by atoms with Crippen LogP contribution in [0.3, 0.4) is 0 Å². The van der Waals surface area contributed by atoms with Gasteiger partial charge in [0.25, 0.3) is 0 Å². The third-order valence-electron chi connectivity index (χ3n) is 4.24. The molecule has 0 aliphatic heterocycles. The van der Waals surface area contributed by atoms with Crippen LogP contribution < -0.4 is 5.32 Å². The summed E-state index contributed by atoms with van der Waals surface area (Å²) < 4.78 is 6.38. The highest BCUT2D eigenvalue weighted by Gasteiger charge is 2.15. The summed E-state index contributed by atoms with van der Waals surface area (Å²) in [7, 11) is 0. The van der Waals surface area contributed by atoms with Crippen molar-refractivity contribution in [1.82, 2.24) is 25.4 Å². The van der Waals surface area contributed by atoms with Crippen LogP contribution in [-0.4, -0.2) is 26.0 Å². The number of aryl methyl sites for hydroxylation is 1. The Labute approximate surface area is 165 Å². The van der Waals surface area contributed by atoms with Crippen LogP contribution in [0.4, 0.5) is 0 Å². The van der Waals surface area contributed by atoms with Crippen LogP contribution in [0.25, 0.3) is 21.6 Å². The van der Waals surface area contributed by atoms with Crippen molar-refractivity contribution in [3.05, 3.63) is 59.7 Å². The fraction of sp³-hybridized carbons (Fsp3) is 0.250. The normalized spacial score (nSPS) is 12.2. The smallest absolute Gasteiger partial charge is 0.226 e. The molecule has 142 valence electrons. The first-order valence-corrected chi connectivity index (χ1v) is 9.88. The van der Waals surface area contributed by atoms with Gasteiger partial charge >= 0.3 is 0 Å². The average molecular weight is 393 g/mol. The van der Waals surface area contributed by atoms with Gasteiger partial charge in [-0.05, 0) is 37.6 Å². The molecule has 1 amide bonds. The maximum Gasteiger partial charge on any atom is 0.226 e. The molecular formula is C20H19N5O2S. The van der Waals surface area contributed by atoms with Crippen molar-refractivity contribution in [3.8, 4) is 11.4 Å². The monoisotopic (exact) mass is 393 g/mol.